The van der Waals surface area contributed by atoms with Crippen molar-refractivity contribution in [1.82, 2.24) is 4.90 Å². The van der Waals surface area contributed by atoms with Crippen LogP contribution in [0.3, 0.4) is 0 Å². The lowest BCUT2D eigenvalue weighted by Crippen LogP contribution is -2.28. The highest BCUT2D eigenvalue weighted by atomic mass is 35.5. The lowest BCUT2D eigenvalue weighted by Gasteiger charge is -2.16. The van der Waals surface area contributed by atoms with Gasteiger partial charge >= 0.3 is 0 Å². The highest BCUT2D eigenvalue weighted by molar-refractivity contribution is 5.85. The average Bonchev–Trinajstić information content (AvgIpc) is 2.67. The molecular formula is C15H24ClN3O2. The summed E-state index contributed by atoms with van der Waals surface area (Å²) in [6.45, 7) is 8.65. The van der Waals surface area contributed by atoms with Crippen LogP contribution in [0.4, 0.5) is 5.69 Å². The van der Waals surface area contributed by atoms with Gasteiger partial charge < -0.3 is 5.73 Å². The third-order valence-corrected chi connectivity index (χ3v) is 4.07. The molecule has 2 unspecified atom stereocenters. The van der Waals surface area contributed by atoms with Crippen LogP contribution in [-0.2, 0) is 6.54 Å². The number of benzene rings is 1. The topological polar surface area (TPSA) is 72.4 Å². The molecular weight excluding hydrogens is 290 g/mol. The Hall–Kier alpha value is -1.17. The number of likely N-dealkylation sites (tertiary alicyclic amines) is 1. The Morgan fingerprint density at radius 3 is 2.57 bits per heavy atom. The average molecular weight is 314 g/mol. The summed E-state index contributed by atoms with van der Waals surface area (Å²) < 4.78 is 0. The van der Waals surface area contributed by atoms with E-state index >= 15 is 0 Å². The summed E-state index contributed by atoms with van der Waals surface area (Å²) in [7, 11) is 0. The number of nitrogens with zero attached hydrogens (tertiary/aromatic N) is 2. The van der Waals surface area contributed by atoms with E-state index in [9.17, 15) is 10.1 Å². The predicted molar refractivity (Wildman–Crippen MR) is 86.8 cm³/mol. The van der Waals surface area contributed by atoms with Gasteiger partial charge in [-0.1, -0.05) is 32.9 Å². The van der Waals surface area contributed by atoms with E-state index in [0.717, 1.165) is 30.8 Å². The zero-order valence-corrected chi connectivity index (χ0v) is 13.6. The lowest BCUT2D eigenvalue weighted by molar-refractivity contribution is -0.385. The Balaban J connectivity index is 0.00000220. The fraction of sp³-hybridized carbons (Fsp3) is 0.600. The Bertz CT molecular complexity index is 498. The molecule has 1 saturated heterocycles. The van der Waals surface area contributed by atoms with Crippen molar-refractivity contribution in [2.24, 2.45) is 11.7 Å². The monoisotopic (exact) mass is 313 g/mol. The summed E-state index contributed by atoms with van der Waals surface area (Å²) in [4.78, 5) is 13.2. The first kappa shape index (κ1) is 17.9. The van der Waals surface area contributed by atoms with Crippen LogP contribution in [0.2, 0.25) is 0 Å². The van der Waals surface area contributed by atoms with Crippen LogP contribution in [0.25, 0.3) is 0 Å². The van der Waals surface area contributed by atoms with E-state index < -0.39 is 0 Å². The molecule has 2 N–H and O–H groups in total. The molecule has 0 spiro atoms. The highest BCUT2D eigenvalue weighted by Crippen LogP contribution is 2.28. The number of halogens is 1. The van der Waals surface area contributed by atoms with Gasteiger partial charge in [-0.3, -0.25) is 15.0 Å². The Labute approximate surface area is 132 Å². The molecule has 118 valence electrons. The molecule has 0 saturated carbocycles. The minimum Gasteiger partial charge on any atom is -0.326 e. The molecule has 21 heavy (non-hydrogen) atoms. The molecule has 1 aliphatic heterocycles. The number of nitro groups is 1. The number of hydrogen-bond acceptors (Lipinski definition) is 4. The summed E-state index contributed by atoms with van der Waals surface area (Å²) in [6.07, 6.45) is 0. The number of nitrogens with two attached hydrogens (primary N) is 1. The van der Waals surface area contributed by atoms with Gasteiger partial charge in [0.15, 0.2) is 0 Å². The van der Waals surface area contributed by atoms with Gasteiger partial charge in [-0.2, -0.15) is 0 Å². The SMILES string of the molecule is CC(C)c1ccc(CN2CC(C)C(N)C2)cc1[N+](=O)[O-].Cl. The largest absolute Gasteiger partial charge is 0.326 e. The van der Waals surface area contributed by atoms with Gasteiger partial charge in [0, 0.05) is 37.3 Å². The van der Waals surface area contributed by atoms with Crippen molar-refractivity contribution in [3.05, 3.63) is 39.4 Å². The number of rotatable bonds is 4. The van der Waals surface area contributed by atoms with Crippen molar-refractivity contribution in [2.75, 3.05) is 13.1 Å². The van der Waals surface area contributed by atoms with E-state index in [-0.39, 0.29) is 35.0 Å². The predicted octanol–water partition coefficient (Wildman–Crippen LogP) is 2.92. The minimum atomic E-state index is -0.281. The van der Waals surface area contributed by atoms with E-state index in [4.69, 9.17) is 5.73 Å². The van der Waals surface area contributed by atoms with Crippen molar-refractivity contribution < 1.29 is 4.92 Å². The van der Waals surface area contributed by atoms with Gasteiger partial charge in [-0.25, -0.2) is 0 Å². The maximum Gasteiger partial charge on any atom is 0.273 e. The lowest BCUT2D eigenvalue weighted by atomic mass is 9.99. The van der Waals surface area contributed by atoms with Crippen molar-refractivity contribution in [3.63, 3.8) is 0 Å². The van der Waals surface area contributed by atoms with Crippen LogP contribution in [0.5, 0.6) is 0 Å². The van der Waals surface area contributed by atoms with E-state index in [0.29, 0.717) is 5.92 Å². The molecule has 0 bridgehead atoms. The maximum atomic E-state index is 11.2. The molecule has 2 atom stereocenters. The van der Waals surface area contributed by atoms with Gasteiger partial charge in [0.05, 0.1) is 4.92 Å². The molecule has 0 aromatic heterocycles. The van der Waals surface area contributed by atoms with Crippen LogP contribution in [-0.4, -0.2) is 29.0 Å². The van der Waals surface area contributed by atoms with Crippen molar-refractivity contribution in [2.45, 2.75) is 39.3 Å². The molecule has 1 aromatic carbocycles. The van der Waals surface area contributed by atoms with Crippen LogP contribution < -0.4 is 5.73 Å². The van der Waals surface area contributed by atoms with Crippen LogP contribution in [0.1, 0.15) is 37.8 Å². The second-order valence-electron chi connectivity index (χ2n) is 6.14. The molecule has 5 nitrogen and oxygen atoms in total. The molecule has 2 rings (SSSR count). The van der Waals surface area contributed by atoms with Gasteiger partial charge in [-0.15, -0.1) is 12.4 Å². The molecule has 1 heterocycles. The van der Waals surface area contributed by atoms with Crippen LogP contribution >= 0.6 is 12.4 Å². The Morgan fingerprint density at radius 2 is 2.10 bits per heavy atom. The van der Waals surface area contributed by atoms with E-state index in [1.807, 2.05) is 26.0 Å². The zero-order valence-electron chi connectivity index (χ0n) is 12.8. The maximum absolute atomic E-state index is 11.2. The van der Waals surface area contributed by atoms with E-state index in [1.165, 1.54) is 0 Å². The second-order valence-corrected chi connectivity index (χ2v) is 6.14. The Kier molecular flexibility index (Phi) is 6.13. The molecule has 1 aromatic rings. The molecule has 0 amide bonds. The molecule has 1 aliphatic rings. The van der Waals surface area contributed by atoms with Gasteiger partial charge in [-0.05, 0) is 17.4 Å². The van der Waals surface area contributed by atoms with Gasteiger partial charge in [0.25, 0.3) is 5.69 Å². The molecule has 6 heteroatoms. The fourth-order valence-corrected chi connectivity index (χ4v) is 2.82. The van der Waals surface area contributed by atoms with Crippen molar-refractivity contribution in [1.29, 1.82) is 0 Å². The smallest absolute Gasteiger partial charge is 0.273 e. The zero-order chi connectivity index (χ0) is 14.9. The number of hydrogen-bond donors (Lipinski definition) is 1. The first-order chi connectivity index (χ1) is 9.38. The van der Waals surface area contributed by atoms with E-state index in [2.05, 4.69) is 11.8 Å². The highest BCUT2D eigenvalue weighted by Gasteiger charge is 2.27. The first-order valence-corrected chi connectivity index (χ1v) is 7.13. The summed E-state index contributed by atoms with van der Waals surface area (Å²) in [5, 5.41) is 11.2. The summed E-state index contributed by atoms with van der Waals surface area (Å²) in [5.41, 5.74) is 8.03. The number of nitro benzene ring substituents is 1. The standard InChI is InChI=1S/C15H23N3O2.ClH/c1-10(2)13-5-4-12(6-15(13)18(19)20)8-17-7-11(3)14(16)9-17;/h4-6,10-11,14H,7-9,16H2,1-3H3;1H. The first-order valence-electron chi connectivity index (χ1n) is 7.13. The third kappa shape index (κ3) is 4.15. The fourth-order valence-electron chi connectivity index (χ4n) is 2.82. The summed E-state index contributed by atoms with van der Waals surface area (Å²) >= 11 is 0. The Morgan fingerprint density at radius 1 is 1.43 bits per heavy atom. The van der Waals surface area contributed by atoms with E-state index in [1.54, 1.807) is 6.07 Å². The minimum absolute atomic E-state index is 0. The second kappa shape index (κ2) is 7.20. The molecule has 1 fully saturated rings. The third-order valence-electron chi connectivity index (χ3n) is 4.07. The summed E-state index contributed by atoms with van der Waals surface area (Å²) in [5.74, 6) is 0.643. The molecule has 0 radical (unpaired) electrons. The summed E-state index contributed by atoms with van der Waals surface area (Å²) in [6, 6.07) is 5.80. The molecule has 0 aliphatic carbocycles. The quantitative estimate of drug-likeness (QED) is 0.685. The van der Waals surface area contributed by atoms with Crippen LogP contribution in [0.15, 0.2) is 18.2 Å². The van der Waals surface area contributed by atoms with Gasteiger partial charge in [0.2, 0.25) is 0 Å². The van der Waals surface area contributed by atoms with Gasteiger partial charge in [0.1, 0.15) is 0 Å². The van der Waals surface area contributed by atoms with Crippen molar-refractivity contribution in [3.8, 4) is 0 Å². The van der Waals surface area contributed by atoms with Crippen LogP contribution in [0, 0.1) is 16.0 Å². The van der Waals surface area contributed by atoms with Crippen molar-refractivity contribution >= 4 is 18.1 Å². The normalized spacial score (nSPS) is 22.3.